The van der Waals surface area contributed by atoms with Crippen LogP contribution < -0.4 is 5.73 Å². The van der Waals surface area contributed by atoms with Crippen molar-refractivity contribution in [2.45, 2.75) is 61.9 Å². The predicted octanol–water partition coefficient (Wildman–Crippen LogP) is 3.71. The van der Waals surface area contributed by atoms with E-state index in [1.54, 1.807) is 13.0 Å². The number of aromatic nitrogens is 2. The first-order valence-electron chi connectivity index (χ1n) is 12.2. The highest BCUT2D eigenvalue weighted by atomic mass is 32.2. The number of ether oxygens (including phenoxy) is 1. The minimum Gasteiger partial charge on any atom is -0.386 e. The molecule has 1 aliphatic rings. The first kappa shape index (κ1) is 28.8. The molecule has 4 rings (SSSR count). The minimum atomic E-state index is -3.93. The SMILES string of the molecule is CC[C@]1(O)[C@H](N)C[C@H](c2ccncc2CC(=O)c2ccc(F)c(-c3c(F)cc(S(C)(=O)=O)cc3F)n2)O[C@@H]1C. The molecule has 39 heavy (non-hydrogen) atoms. The Morgan fingerprint density at radius 2 is 1.85 bits per heavy atom. The Morgan fingerprint density at radius 1 is 1.18 bits per heavy atom. The van der Waals surface area contributed by atoms with Gasteiger partial charge in [-0.1, -0.05) is 6.92 Å². The zero-order chi connectivity index (χ0) is 28.7. The van der Waals surface area contributed by atoms with E-state index < -0.39 is 73.1 Å². The fourth-order valence-corrected chi connectivity index (χ4v) is 5.47. The van der Waals surface area contributed by atoms with Gasteiger partial charge in [0.05, 0.1) is 22.7 Å². The van der Waals surface area contributed by atoms with Crippen molar-refractivity contribution in [3.05, 3.63) is 77.0 Å². The summed E-state index contributed by atoms with van der Waals surface area (Å²) in [5, 5.41) is 10.8. The average Bonchev–Trinajstić information content (AvgIpc) is 2.87. The largest absolute Gasteiger partial charge is 0.386 e. The monoisotopic (exact) mass is 563 g/mol. The number of nitrogens with two attached hydrogens (primary N) is 1. The molecule has 2 aromatic heterocycles. The molecule has 3 N–H and O–H groups in total. The third-order valence-electron chi connectivity index (χ3n) is 7.20. The molecule has 208 valence electrons. The number of nitrogens with zero attached hydrogens (tertiary/aromatic N) is 2. The van der Waals surface area contributed by atoms with E-state index in [0.29, 0.717) is 36.1 Å². The number of hydrogen-bond acceptors (Lipinski definition) is 8. The fourth-order valence-electron chi connectivity index (χ4n) is 4.83. The summed E-state index contributed by atoms with van der Waals surface area (Å²) in [6, 6.07) is 4.20. The summed E-state index contributed by atoms with van der Waals surface area (Å²) < 4.78 is 73.6. The topological polar surface area (TPSA) is 132 Å². The molecule has 0 bridgehead atoms. The highest BCUT2D eigenvalue weighted by Gasteiger charge is 2.46. The van der Waals surface area contributed by atoms with Gasteiger partial charge in [-0.25, -0.2) is 26.6 Å². The van der Waals surface area contributed by atoms with Crippen LogP contribution in [0.2, 0.25) is 0 Å². The maximum Gasteiger partial charge on any atom is 0.185 e. The van der Waals surface area contributed by atoms with Crippen LogP contribution in [0.1, 0.15) is 54.4 Å². The second-order valence-corrected chi connectivity index (χ2v) is 11.7. The van der Waals surface area contributed by atoms with Crippen molar-refractivity contribution >= 4 is 15.6 Å². The molecular weight excluding hydrogens is 535 g/mol. The Kier molecular flexibility index (Phi) is 7.95. The Bertz CT molecular complexity index is 1500. The van der Waals surface area contributed by atoms with Gasteiger partial charge in [0.15, 0.2) is 15.6 Å². The molecule has 8 nitrogen and oxygen atoms in total. The molecule has 1 fully saturated rings. The molecule has 1 aromatic carbocycles. The van der Waals surface area contributed by atoms with Gasteiger partial charge in [-0.15, -0.1) is 0 Å². The van der Waals surface area contributed by atoms with Crippen molar-refractivity contribution in [2.75, 3.05) is 6.26 Å². The summed E-state index contributed by atoms with van der Waals surface area (Å²) in [5.74, 6) is -4.36. The van der Waals surface area contributed by atoms with E-state index >= 15 is 0 Å². The molecule has 0 aliphatic carbocycles. The smallest absolute Gasteiger partial charge is 0.185 e. The number of aliphatic hydroxyl groups is 1. The number of carbonyl (C=O) groups is 1. The molecule has 0 spiro atoms. The lowest BCUT2D eigenvalue weighted by Gasteiger charge is -2.45. The average molecular weight is 564 g/mol. The highest BCUT2D eigenvalue weighted by molar-refractivity contribution is 7.90. The first-order valence-corrected chi connectivity index (χ1v) is 14.1. The van der Waals surface area contributed by atoms with Gasteiger partial charge in [-0.2, -0.15) is 0 Å². The number of Topliss-reactive ketones (excluding diaryl/α,β-unsaturated/α-hetero) is 1. The molecule has 0 amide bonds. The number of benzene rings is 1. The zero-order valence-electron chi connectivity index (χ0n) is 21.5. The van der Waals surface area contributed by atoms with Crippen molar-refractivity contribution in [1.29, 1.82) is 0 Å². The molecular formula is C27H28F3N3O5S. The van der Waals surface area contributed by atoms with Crippen LogP contribution in [-0.2, 0) is 21.0 Å². The summed E-state index contributed by atoms with van der Waals surface area (Å²) in [4.78, 5) is 20.5. The van der Waals surface area contributed by atoms with Gasteiger partial charge in [-0.3, -0.25) is 9.78 Å². The van der Waals surface area contributed by atoms with Gasteiger partial charge in [-0.05, 0) is 61.2 Å². The van der Waals surface area contributed by atoms with Crippen molar-refractivity contribution in [2.24, 2.45) is 5.73 Å². The molecule has 3 heterocycles. The van der Waals surface area contributed by atoms with Crippen LogP contribution in [0.5, 0.6) is 0 Å². The molecule has 1 saturated heterocycles. The van der Waals surface area contributed by atoms with Gasteiger partial charge >= 0.3 is 0 Å². The molecule has 0 saturated carbocycles. The minimum absolute atomic E-state index is 0.235. The summed E-state index contributed by atoms with van der Waals surface area (Å²) in [5.41, 5.74) is 4.28. The van der Waals surface area contributed by atoms with E-state index in [4.69, 9.17) is 10.5 Å². The maximum absolute atomic E-state index is 14.7. The van der Waals surface area contributed by atoms with E-state index in [9.17, 15) is 31.5 Å². The third-order valence-corrected chi connectivity index (χ3v) is 8.29. The molecule has 0 unspecified atom stereocenters. The van der Waals surface area contributed by atoms with Crippen LogP contribution in [0.3, 0.4) is 0 Å². The van der Waals surface area contributed by atoms with Gasteiger partial charge in [0, 0.05) is 31.1 Å². The summed E-state index contributed by atoms with van der Waals surface area (Å²) >= 11 is 0. The van der Waals surface area contributed by atoms with Crippen LogP contribution in [-0.4, -0.2) is 53.3 Å². The number of sulfone groups is 1. The lowest BCUT2D eigenvalue weighted by Crippen LogP contribution is -2.59. The first-order chi connectivity index (χ1) is 18.3. The highest BCUT2D eigenvalue weighted by Crippen LogP contribution is 2.39. The lowest BCUT2D eigenvalue weighted by molar-refractivity contribution is -0.181. The number of rotatable bonds is 7. The molecule has 3 aromatic rings. The number of ketones is 1. The summed E-state index contributed by atoms with van der Waals surface area (Å²) in [6.07, 6.45) is 3.14. The third kappa shape index (κ3) is 5.60. The summed E-state index contributed by atoms with van der Waals surface area (Å²) in [6.45, 7) is 3.55. The van der Waals surface area contributed by atoms with E-state index in [2.05, 4.69) is 9.97 Å². The van der Waals surface area contributed by atoms with E-state index in [1.807, 2.05) is 6.92 Å². The standard InChI is InChI=1S/C27H28F3N3O5S/c1-4-27(35)14(2)38-23(12-24(27)31)17-7-8-32-13-15(17)9-22(34)21-6-5-18(28)26(33-21)25-19(29)10-16(11-20(25)30)39(3,36)37/h5-8,10-11,13-14,23-24,35H,4,9,12,31H2,1-3H3/t14-,23-,24-,27-/m1/s1. The maximum atomic E-state index is 14.7. The lowest BCUT2D eigenvalue weighted by atomic mass is 9.79. The Morgan fingerprint density at radius 3 is 2.44 bits per heavy atom. The second kappa shape index (κ2) is 10.8. The molecule has 0 radical (unpaired) electrons. The van der Waals surface area contributed by atoms with Gasteiger partial charge in [0.25, 0.3) is 0 Å². The molecule has 12 heteroatoms. The Balaban J connectivity index is 1.65. The molecule has 4 atom stereocenters. The summed E-state index contributed by atoms with van der Waals surface area (Å²) in [7, 11) is -3.93. The van der Waals surface area contributed by atoms with Crippen LogP contribution in [0.4, 0.5) is 13.2 Å². The predicted molar refractivity (Wildman–Crippen MR) is 136 cm³/mol. The van der Waals surface area contributed by atoms with Crippen LogP contribution in [0.25, 0.3) is 11.3 Å². The fraction of sp³-hybridized carbons (Fsp3) is 0.370. The number of halogens is 3. The number of carbonyl (C=O) groups excluding carboxylic acids is 1. The van der Waals surface area contributed by atoms with Gasteiger partial charge in [0.1, 0.15) is 34.4 Å². The van der Waals surface area contributed by atoms with Crippen molar-refractivity contribution in [3.63, 3.8) is 0 Å². The second-order valence-electron chi connectivity index (χ2n) is 9.69. The number of pyridine rings is 2. The van der Waals surface area contributed by atoms with Crippen molar-refractivity contribution < 1.29 is 36.2 Å². The van der Waals surface area contributed by atoms with Crippen molar-refractivity contribution in [1.82, 2.24) is 9.97 Å². The Hall–Kier alpha value is -3.19. The van der Waals surface area contributed by atoms with Gasteiger partial charge in [0.2, 0.25) is 0 Å². The van der Waals surface area contributed by atoms with E-state index in [-0.39, 0.29) is 12.1 Å². The van der Waals surface area contributed by atoms with Gasteiger partial charge < -0.3 is 15.6 Å². The van der Waals surface area contributed by atoms with Crippen LogP contribution >= 0.6 is 0 Å². The zero-order valence-corrected chi connectivity index (χ0v) is 22.3. The van der Waals surface area contributed by atoms with Crippen molar-refractivity contribution in [3.8, 4) is 11.3 Å². The molecule has 1 aliphatic heterocycles. The normalized spacial score (nSPS) is 23.5. The van der Waals surface area contributed by atoms with Crippen LogP contribution in [0, 0.1) is 17.5 Å². The number of hydrogen-bond donors (Lipinski definition) is 2. The van der Waals surface area contributed by atoms with Crippen LogP contribution in [0.15, 0.2) is 47.6 Å². The quantitative estimate of drug-likeness (QED) is 0.416. The van der Waals surface area contributed by atoms with E-state index in [1.165, 1.54) is 12.4 Å². The van der Waals surface area contributed by atoms with E-state index in [0.717, 1.165) is 18.4 Å². The Labute approximate surface area is 224 Å².